The highest BCUT2D eigenvalue weighted by Crippen LogP contribution is 2.27. The minimum absolute atomic E-state index is 0.0862. The summed E-state index contributed by atoms with van der Waals surface area (Å²) in [5, 5.41) is 0. The lowest BCUT2D eigenvalue weighted by molar-refractivity contribution is -0.164. The van der Waals surface area contributed by atoms with Crippen LogP contribution >= 0.6 is 0 Å². The molecule has 0 atom stereocenters. The lowest BCUT2D eigenvalue weighted by atomic mass is 9.88. The summed E-state index contributed by atoms with van der Waals surface area (Å²) in [6.07, 6.45) is 1.45. The maximum atomic E-state index is 5.10. The second kappa shape index (κ2) is 3.74. The van der Waals surface area contributed by atoms with Gasteiger partial charge in [0.1, 0.15) is 0 Å². The highest BCUT2D eigenvalue weighted by atomic mass is 16.5. The fourth-order valence-electron chi connectivity index (χ4n) is 1.14. The molecule has 1 aliphatic heterocycles. The second-order valence-corrected chi connectivity index (χ2v) is 2.90. The number of hydrogen-bond acceptors (Lipinski definition) is 3. The summed E-state index contributed by atoms with van der Waals surface area (Å²) in [6, 6.07) is 0. The van der Waals surface area contributed by atoms with Gasteiger partial charge >= 0.3 is 0 Å². The summed E-state index contributed by atoms with van der Waals surface area (Å²) in [6.45, 7) is 6.28. The molecule has 0 aromatic heterocycles. The molecular weight excluding hydrogens is 144 g/mol. The molecule has 1 aliphatic rings. The number of rotatable bonds is 5. The van der Waals surface area contributed by atoms with E-state index < -0.39 is 0 Å². The normalized spacial score (nSPS) is 20.5. The van der Waals surface area contributed by atoms with Gasteiger partial charge in [0, 0.05) is 7.11 Å². The van der Waals surface area contributed by atoms with E-state index in [1.165, 1.54) is 6.26 Å². The molecule has 0 aromatic carbocycles. The highest BCUT2D eigenvalue weighted by Gasteiger charge is 2.39. The zero-order valence-electron chi connectivity index (χ0n) is 6.84. The van der Waals surface area contributed by atoms with Crippen molar-refractivity contribution in [2.45, 2.75) is 0 Å². The van der Waals surface area contributed by atoms with E-state index in [0.29, 0.717) is 13.2 Å². The van der Waals surface area contributed by atoms with E-state index in [1.54, 1.807) is 7.11 Å². The molecule has 1 heterocycles. The third kappa shape index (κ3) is 1.94. The number of methoxy groups -OCH3 is 1. The van der Waals surface area contributed by atoms with Crippen LogP contribution in [-0.4, -0.2) is 33.5 Å². The zero-order chi connectivity index (χ0) is 8.16. The average molecular weight is 158 g/mol. The van der Waals surface area contributed by atoms with Crippen LogP contribution in [0.3, 0.4) is 0 Å². The van der Waals surface area contributed by atoms with Crippen LogP contribution in [0.4, 0.5) is 0 Å². The Bertz CT molecular complexity index is 129. The summed E-state index contributed by atoms with van der Waals surface area (Å²) in [7, 11) is 1.69. The fraction of sp³-hybridized carbons (Fsp3) is 0.750. The molecule has 0 aliphatic carbocycles. The summed E-state index contributed by atoms with van der Waals surface area (Å²) in [5.74, 6) is 0. The summed E-state index contributed by atoms with van der Waals surface area (Å²) in [4.78, 5) is 0. The predicted molar refractivity (Wildman–Crippen MR) is 41.3 cm³/mol. The molecule has 1 saturated heterocycles. The summed E-state index contributed by atoms with van der Waals surface area (Å²) < 4.78 is 15.2. The Balaban J connectivity index is 2.27. The molecule has 11 heavy (non-hydrogen) atoms. The molecule has 3 heteroatoms. The van der Waals surface area contributed by atoms with Crippen molar-refractivity contribution in [2.24, 2.45) is 5.41 Å². The smallest absolute Gasteiger partial charge is 0.0995 e. The van der Waals surface area contributed by atoms with E-state index in [9.17, 15) is 0 Å². The van der Waals surface area contributed by atoms with Crippen LogP contribution in [0.2, 0.25) is 0 Å². The molecule has 0 amide bonds. The highest BCUT2D eigenvalue weighted by molar-refractivity contribution is 4.85. The molecule has 0 bridgehead atoms. The first-order valence-electron chi connectivity index (χ1n) is 3.62. The van der Waals surface area contributed by atoms with E-state index >= 15 is 0 Å². The minimum atomic E-state index is 0.0862. The van der Waals surface area contributed by atoms with Crippen LogP contribution < -0.4 is 0 Å². The molecule has 0 aromatic rings. The lowest BCUT2D eigenvalue weighted by Crippen LogP contribution is -2.49. The van der Waals surface area contributed by atoms with E-state index in [-0.39, 0.29) is 5.41 Å². The third-order valence-electron chi connectivity index (χ3n) is 1.77. The molecule has 0 radical (unpaired) electrons. The van der Waals surface area contributed by atoms with Gasteiger partial charge in [-0.2, -0.15) is 0 Å². The number of hydrogen-bond donors (Lipinski definition) is 0. The topological polar surface area (TPSA) is 27.7 Å². The van der Waals surface area contributed by atoms with Crippen molar-refractivity contribution in [1.29, 1.82) is 0 Å². The van der Waals surface area contributed by atoms with Gasteiger partial charge in [0.2, 0.25) is 0 Å². The van der Waals surface area contributed by atoms with Crippen LogP contribution in [0, 0.1) is 5.41 Å². The Kier molecular flexibility index (Phi) is 2.91. The maximum absolute atomic E-state index is 5.10. The summed E-state index contributed by atoms with van der Waals surface area (Å²) >= 11 is 0. The van der Waals surface area contributed by atoms with Gasteiger partial charge in [-0.3, -0.25) is 0 Å². The van der Waals surface area contributed by atoms with Crippen molar-refractivity contribution < 1.29 is 14.2 Å². The molecular formula is C8H14O3. The van der Waals surface area contributed by atoms with Crippen molar-refractivity contribution in [3.05, 3.63) is 12.8 Å². The standard InChI is InChI=1S/C8H14O3/c1-3-10-5-8(4-9-2)6-11-7-8/h3H,1,4-7H2,2H3. The van der Waals surface area contributed by atoms with Gasteiger partial charge < -0.3 is 14.2 Å². The SMILES string of the molecule is C=COCC1(COC)COC1. The summed E-state index contributed by atoms with van der Waals surface area (Å²) in [5.41, 5.74) is 0.0862. The van der Waals surface area contributed by atoms with Crippen molar-refractivity contribution in [3.8, 4) is 0 Å². The molecule has 0 saturated carbocycles. The van der Waals surface area contributed by atoms with E-state index in [0.717, 1.165) is 13.2 Å². The van der Waals surface area contributed by atoms with Crippen LogP contribution in [0.1, 0.15) is 0 Å². The lowest BCUT2D eigenvalue weighted by Gasteiger charge is -2.39. The van der Waals surface area contributed by atoms with Crippen LogP contribution in [0.15, 0.2) is 12.8 Å². The molecule has 0 spiro atoms. The van der Waals surface area contributed by atoms with Gasteiger partial charge in [-0.15, -0.1) is 0 Å². The van der Waals surface area contributed by atoms with Crippen LogP contribution in [-0.2, 0) is 14.2 Å². The Hall–Kier alpha value is -0.540. The second-order valence-electron chi connectivity index (χ2n) is 2.90. The molecule has 64 valence electrons. The van der Waals surface area contributed by atoms with Gasteiger partial charge in [0.15, 0.2) is 0 Å². The van der Waals surface area contributed by atoms with Gasteiger partial charge in [0.05, 0.1) is 38.1 Å². The minimum Gasteiger partial charge on any atom is -0.501 e. The van der Waals surface area contributed by atoms with Crippen molar-refractivity contribution >= 4 is 0 Å². The fourth-order valence-corrected chi connectivity index (χ4v) is 1.14. The number of ether oxygens (including phenoxy) is 3. The van der Waals surface area contributed by atoms with Gasteiger partial charge in [-0.1, -0.05) is 6.58 Å². The Morgan fingerprint density at radius 2 is 2.27 bits per heavy atom. The van der Waals surface area contributed by atoms with E-state index in [2.05, 4.69) is 6.58 Å². The Morgan fingerprint density at radius 3 is 2.64 bits per heavy atom. The van der Waals surface area contributed by atoms with E-state index in [4.69, 9.17) is 14.2 Å². The van der Waals surface area contributed by atoms with Gasteiger partial charge in [-0.05, 0) is 0 Å². The van der Waals surface area contributed by atoms with Gasteiger partial charge in [-0.25, -0.2) is 0 Å². The van der Waals surface area contributed by atoms with Crippen molar-refractivity contribution in [1.82, 2.24) is 0 Å². The maximum Gasteiger partial charge on any atom is 0.0995 e. The van der Waals surface area contributed by atoms with Gasteiger partial charge in [0.25, 0.3) is 0 Å². The first-order chi connectivity index (χ1) is 5.33. The third-order valence-corrected chi connectivity index (χ3v) is 1.77. The van der Waals surface area contributed by atoms with Crippen LogP contribution in [0.25, 0.3) is 0 Å². The largest absolute Gasteiger partial charge is 0.501 e. The average Bonchev–Trinajstić information content (AvgIpc) is 1.95. The monoisotopic (exact) mass is 158 g/mol. The molecule has 3 nitrogen and oxygen atoms in total. The molecule has 0 unspecified atom stereocenters. The first-order valence-corrected chi connectivity index (χ1v) is 3.62. The first kappa shape index (κ1) is 8.56. The molecule has 1 rings (SSSR count). The predicted octanol–water partition coefficient (Wildman–Crippen LogP) is 0.809. The Labute approximate surface area is 66.9 Å². The zero-order valence-corrected chi connectivity index (χ0v) is 6.84. The Morgan fingerprint density at radius 1 is 1.55 bits per heavy atom. The van der Waals surface area contributed by atoms with Crippen molar-refractivity contribution in [3.63, 3.8) is 0 Å². The molecule has 0 N–H and O–H groups in total. The van der Waals surface area contributed by atoms with Crippen molar-refractivity contribution in [2.75, 3.05) is 33.5 Å². The quantitative estimate of drug-likeness (QED) is 0.554. The molecule has 1 fully saturated rings. The van der Waals surface area contributed by atoms with Crippen LogP contribution in [0.5, 0.6) is 0 Å². The van der Waals surface area contributed by atoms with E-state index in [1.807, 2.05) is 0 Å².